The van der Waals surface area contributed by atoms with E-state index in [-0.39, 0.29) is 0 Å². The highest BCUT2D eigenvalue weighted by Crippen LogP contribution is 2.29. The highest BCUT2D eigenvalue weighted by molar-refractivity contribution is 5.81. The lowest BCUT2D eigenvalue weighted by molar-refractivity contribution is -0.188. The van der Waals surface area contributed by atoms with Gasteiger partial charge >= 0.3 is 6.18 Å². The Bertz CT molecular complexity index is 573. The lowest BCUT2D eigenvalue weighted by Crippen LogP contribution is -2.51. The van der Waals surface area contributed by atoms with Crippen LogP contribution in [0, 0.1) is 0 Å². The summed E-state index contributed by atoms with van der Waals surface area (Å²) >= 11 is 0. The Kier molecular flexibility index (Phi) is 6.52. The second kappa shape index (κ2) is 8.42. The van der Waals surface area contributed by atoms with Crippen molar-refractivity contribution < 1.29 is 27.4 Å². The maximum absolute atomic E-state index is 12.2. The van der Waals surface area contributed by atoms with Crippen LogP contribution in [0.3, 0.4) is 0 Å². The fourth-order valence-corrected chi connectivity index (χ4v) is 2.71. The van der Waals surface area contributed by atoms with Gasteiger partial charge in [-0.2, -0.15) is 13.2 Å². The fourth-order valence-electron chi connectivity index (χ4n) is 2.71. The minimum Gasteiger partial charge on any atom is -0.492 e. The lowest BCUT2D eigenvalue weighted by atomic mass is 10.2. The molecule has 1 aliphatic heterocycles. The van der Waals surface area contributed by atoms with Gasteiger partial charge in [-0.1, -0.05) is 12.1 Å². The molecule has 1 atom stereocenters. The van der Waals surface area contributed by atoms with E-state index in [1.807, 2.05) is 31.2 Å². The van der Waals surface area contributed by atoms with Crippen LogP contribution in [0.1, 0.15) is 13.8 Å². The fraction of sp³-hybridized carbons (Fsp3) is 0.588. The molecule has 8 heteroatoms. The summed E-state index contributed by atoms with van der Waals surface area (Å²) in [6, 6.07) is 7.66. The molecule has 1 aromatic carbocycles. The summed E-state index contributed by atoms with van der Waals surface area (Å²) < 4.78 is 46.8. The van der Waals surface area contributed by atoms with Gasteiger partial charge in [0.2, 0.25) is 0 Å². The number of rotatable bonds is 6. The molecule has 0 radical (unpaired) electrons. The van der Waals surface area contributed by atoms with Crippen LogP contribution < -0.4 is 9.64 Å². The van der Waals surface area contributed by atoms with Crippen molar-refractivity contribution in [1.82, 2.24) is 4.90 Å². The molecular formula is C17H23F3N2O3. The van der Waals surface area contributed by atoms with E-state index >= 15 is 0 Å². The molecule has 0 unspecified atom stereocenters. The van der Waals surface area contributed by atoms with Gasteiger partial charge < -0.3 is 19.3 Å². The van der Waals surface area contributed by atoms with E-state index in [4.69, 9.17) is 4.74 Å². The van der Waals surface area contributed by atoms with Crippen LogP contribution in [0.25, 0.3) is 0 Å². The van der Waals surface area contributed by atoms with Crippen molar-refractivity contribution in [3.63, 3.8) is 0 Å². The van der Waals surface area contributed by atoms with E-state index in [2.05, 4.69) is 9.64 Å². The monoisotopic (exact) mass is 360 g/mol. The maximum Gasteiger partial charge on any atom is 0.411 e. The predicted molar refractivity (Wildman–Crippen MR) is 87.9 cm³/mol. The molecule has 0 bridgehead atoms. The maximum atomic E-state index is 12.2. The summed E-state index contributed by atoms with van der Waals surface area (Å²) in [5.41, 5.74) is 0.956. The summed E-state index contributed by atoms with van der Waals surface area (Å²) in [5.74, 6) is 0.369. The molecular weight excluding hydrogens is 337 g/mol. The first-order valence-corrected chi connectivity index (χ1v) is 8.25. The number of carbonyl (C=O) groups excluding carboxylic acids is 1. The number of benzene rings is 1. The quantitative estimate of drug-likeness (QED) is 0.782. The van der Waals surface area contributed by atoms with Crippen molar-refractivity contribution in [2.75, 3.05) is 44.3 Å². The molecule has 1 aromatic rings. The Morgan fingerprint density at radius 1 is 1.20 bits per heavy atom. The third kappa shape index (κ3) is 5.52. The number of halogens is 3. The minimum absolute atomic E-state index is 0.415. The molecule has 1 amide bonds. The lowest BCUT2D eigenvalue weighted by Gasteiger charge is -2.37. The normalized spacial score (nSPS) is 16.7. The van der Waals surface area contributed by atoms with E-state index in [1.165, 1.54) is 6.92 Å². The van der Waals surface area contributed by atoms with Crippen LogP contribution in [0.4, 0.5) is 18.9 Å². The first-order valence-electron chi connectivity index (χ1n) is 8.25. The SMILES string of the molecule is CCOc1ccccc1N1CCN(C(=O)[C@H](C)OCC(F)(F)F)CC1. The molecule has 140 valence electrons. The van der Waals surface area contributed by atoms with Gasteiger partial charge in [0, 0.05) is 26.2 Å². The molecule has 1 heterocycles. The van der Waals surface area contributed by atoms with E-state index in [0.29, 0.717) is 32.8 Å². The standard InChI is InChI=1S/C17H23F3N2O3/c1-3-24-15-7-5-4-6-14(15)21-8-10-22(11-9-21)16(23)13(2)25-12-17(18,19)20/h4-7,13H,3,8-12H2,1-2H3/t13-/m0/s1. The second-order valence-corrected chi connectivity index (χ2v) is 5.78. The number of alkyl halides is 3. The zero-order valence-electron chi connectivity index (χ0n) is 14.4. The number of amides is 1. The molecule has 0 saturated carbocycles. The highest BCUT2D eigenvalue weighted by Gasteiger charge is 2.32. The highest BCUT2D eigenvalue weighted by atomic mass is 19.4. The Labute approximate surface area is 145 Å². The van der Waals surface area contributed by atoms with Crippen molar-refractivity contribution >= 4 is 11.6 Å². The van der Waals surface area contributed by atoms with Gasteiger partial charge in [-0.15, -0.1) is 0 Å². The molecule has 0 N–H and O–H groups in total. The van der Waals surface area contributed by atoms with Crippen LogP contribution >= 0.6 is 0 Å². The zero-order chi connectivity index (χ0) is 18.4. The number of ether oxygens (including phenoxy) is 2. The first kappa shape index (κ1) is 19.4. The topological polar surface area (TPSA) is 42.0 Å². The molecule has 0 aliphatic carbocycles. The summed E-state index contributed by atoms with van der Waals surface area (Å²) in [4.78, 5) is 15.9. The zero-order valence-corrected chi connectivity index (χ0v) is 14.4. The van der Waals surface area contributed by atoms with E-state index in [1.54, 1.807) is 4.90 Å². The number of para-hydroxylation sites is 2. The van der Waals surface area contributed by atoms with Crippen molar-refractivity contribution in [2.24, 2.45) is 0 Å². The number of hydrogen-bond donors (Lipinski definition) is 0. The van der Waals surface area contributed by atoms with Gasteiger partial charge in [-0.25, -0.2) is 0 Å². The molecule has 2 rings (SSSR count). The van der Waals surface area contributed by atoms with Crippen LogP contribution in [-0.4, -0.2) is 62.5 Å². The largest absolute Gasteiger partial charge is 0.492 e. The molecule has 1 saturated heterocycles. The number of carbonyl (C=O) groups is 1. The van der Waals surface area contributed by atoms with E-state index < -0.39 is 24.8 Å². The molecule has 5 nitrogen and oxygen atoms in total. The Balaban J connectivity index is 1.90. The molecule has 0 spiro atoms. The summed E-state index contributed by atoms with van der Waals surface area (Å²) in [5, 5.41) is 0. The number of hydrogen-bond acceptors (Lipinski definition) is 4. The number of nitrogens with zero attached hydrogens (tertiary/aromatic N) is 2. The minimum atomic E-state index is -4.43. The molecule has 1 aliphatic rings. The van der Waals surface area contributed by atoms with Crippen molar-refractivity contribution in [3.05, 3.63) is 24.3 Å². The summed E-state index contributed by atoms with van der Waals surface area (Å²) in [6.07, 6.45) is -5.54. The predicted octanol–water partition coefficient (Wildman–Crippen LogP) is 2.70. The Hall–Kier alpha value is -1.96. The summed E-state index contributed by atoms with van der Waals surface area (Å²) in [6.45, 7) is 4.44. The first-order chi connectivity index (χ1) is 11.8. The van der Waals surface area contributed by atoms with Gasteiger partial charge in [-0.3, -0.25) is 4.79 Å². The van der Waals surface area contributed by atoms with Gasteiger partial charge in [0.15, 0.2) is 0 Å². The number of piperazine rings is 1. The number of anilines is 1. The summed E-state index contributed by atoms with van der Waals surface area (Å²) in [7, 11) is 0. The smallest absolute Gasteiger partial charge is 0.411 e. The Morgan fingerprint density at radius 2 is 1.84 bits per heavy atom. The van der Waals surface area contributed by atoms with Gasteiger partial charge in [0.1, 0.15) is 18.5 Å². The second-order valence-electron chi connectivity index (χ2n) is 5.78. The van der Waals surface area contributed by atoms with Crippen molar-refractivity contribution in [3.8, 4) is 5.75 Å². The van der Waals surface area contributed by atoms with Crippen LogP contribution in [-0.2, 0) is 9.53 Å². The molecule has 1 fully saturated rings. The van der Waals surface area contributed by atoms with Crippen LogP contribution in [0.15, 0.2) is 24.3 Å². The van der Waals surface area contributed by atoms with Gasteiger partial charge in [0.05, 0.1) is 12.3 Å². The van der Waals surface area contributed by atoms with Gasteiger partial charge in [0.25, 0.3) is 5.91 Å². The van der Waals surface area contributed by atoms with Crippen molar-refractivity contribution in [2.45, 2.75) is 26.1 Å². The van der Waals surface area contributed by atoms with Crippen LogP contribution in [0.5, 0.6) is 5.75 Å². The van der Waals surface area contributed by atoms with Crippen molar-refractivity contribution in [1.29, 1.82) is 0 Å². The van der Waals surface area contributed by atoms with Gasteiger partial charge in [-0.05, 0) is 26.0 Å². The average Bonchev–Trinajstić information content (AvgIpc) is 2.59. The van der Waals surface area contributed by atoms with E-state index in [0.717, 1.165) is 11.4 Å². The Morgan fingerprint density at radius 3 is 2.44 bits per heavy atom. The molecule has 25 heavy (non-hydrogen) atoms. The third-order valence-corrected chi connectivity index (χ3v) is 3.94. The van der Waals surface area contributed by atoms with E-state index in [9.17, 15) is 18.0 Å². The van der Waals surface area contributed by atoms with Crippen LogP contribution in [0.2, 0.25) is 0 Å². The molecule has 0 aromatic heterocycles. The third-order valence-electron chi connectivity index (χ3n) is 3.94. The average molecular weight is 360 g/mol.